The number of ether oxygens (including phenoxy) is 1. The van der Waals surface area contributed by atoms with Crippen molar-refractivity contribution in [3.05, 3.63) is 29.8 Å². The monoisotopic (exact) mass is 261 g/mol. The molecule has 1 aromatic carbocycles. The Labute approximate surface area is 117 Å². The third kappa shape index (κ3) is 3.97. The van der Waals surface area contributed by atoms with Crippen LogP contribution in [0.5, 0.6) is 5.75 Å². The van der Waals surface area contributed by atoms with Crippen molar-refractivity contribution in [1.82, 2.24) is 5.32 Å². The molecule has 0 spiro atoms. The van der Waals surface area contributed by atoms with E-state index in [9.17, 15) is 0 Å². The summed E-state index contributed by atoms with van der Waals surface area (Å²) in [5, 5.41) is 3.62. The van der Waals surface area contributed by atoms with E-state index in [1.807, 2.05) is 6.07 Å². The Balaban J connectivity index is 1.82. The van der Waals surface area contributed by atoms with Gasteiger partial charge in [-0.15, -0.1) is 0 Å². The van der Waals surface area contributed by atoms with E-state index in [4.69, 9.17) is 4.74 Å². The Morgan fingerprint density at radius 3 is 2.68 bits per heavy atom. The Kier molecular flexibility index (Phi) is 4.87. The lowest BCUT2D eigenvalue weighted by Gasteiger charge is -2.41. The second-order valence-corrected chi connectivity index (χ2v) is 6.12. The molecular formula is C17H27NO. The first-order valence-corrected chi connectivity index (χ1v) is 7.60. The second kappa shape index (κ2) is 6.42. The van der Waals surface area contributed by atoms with Gasteiger partial charge in [-0.3, -0.25) is 0 Å². The van der Waals surface area contributed by atoms with Crippen molar-refractivity contribution in [3.63, 3.8) is 0 Å². The van der Waals surface area contributed by atoms with Crippen molar-refractivity contribution in [1.29, 1.82) is 0 Å². The summed E-state index contributed by atoms with van der Waals surface area (Å²) in [6, 6.07) is 8.42. The summed E-state index contributed by atoms with van der Waals surface area (Å²) in [7, 11) is 0. The van der Waals surface area contributed by atoms with Gasteiger partial charge in [-0.05, 0) is 56.2 Å². The van der Waals surface area contributed by atoms with Crippen molar-refractivity contribution in [3.8, 4) is 5.75 Å². The largest absolute Gasteiger partial charge is 0.491 e. The lowest BCUT2D eigenvalue weighted by atomic mass is 9.67. The molecule has 0 aliphatic heterocycles. The minimum Gasteiger partial charge on any atom is -0.491 e. The minimum atomic E-state index is 0.238. The van der Waals surface area contributed by atoms with Crippen molar-refractivity contribution >= 4 is 0 Å². The molecule has 0 saturated heterocycles. The van der Waals surface area contributed by atoms with Gasteiger partial charge in [-0.25, -0.2) is 0 Å². The maximum absolute atomic E-state index is 5.73. The van der Waals surface area contributed by atoms with Crippen LogP contribution in [0, 0.1) is 5.41 Å². The van der Waals surface area contributed by atoms with Gasteiger partial charge in [-0.2, -0.15) is 0 Å². The smallest absolute Gasteiger partial charge is 0.120 e. The fourth-order valence-corrected chi connectivity index (χ4v) is 2.81. The normalized spacial score (nSPS) is 17.3. The lowest BCUT2D eigenvalue weighted by Crippen LogP contribution is -2.39. The minimum absolute atomic E-state index is 0.238. The Morgan fingerprint density at radius 2 is 2.11 bits per heavy atom. The summed E-state index contributed by atoms with van der Waals surface area (Å²) in [4.78, 5) is 0. The zero-order valence-electron chi connectivity index (χ0n) is 12.5. The molecule has 2 rings (SSSR count). The molecule has 2 heteroatoms. The van der Waals surface area contributed by atoms with E-state index in [1.54, 1.807) is 0 Å². The van der Waals surface area contributed by atoms with Gasteiger partial charge < -0.3 is 10.1 Å². The molecule has 1 aliphatic carbocycles. The predicted octanol–water partition coefficient (Wildman–Crippen LogP) is 4.14. The highest BCUT2D eigenvalue weighted by atomic mass is 16.5. The molecule has 1 saturated carbocycles. The molecule has 106 valence electrons. The Morgan fingerprint density at radius 1 is 1.32 bits per heavy atom. The quantitative estimate of drug-likeness (QED) is 0.796. The molecule has 0 heterocycles. The SMILES string of the molecule is CCC1(CNCc2cccc(OC(C)C)c2)CCC1. The zero-order valence-corrected chi connectivity index (χ0v) is 12.5. The molecule has 0 unspecified atom stereocenters. The molecule has 1 N–H and O–H groups in total. The van der Waals surface area contributed by atoms with Crippen LogP contribution >= 0.6 is 0 Å². The molecule has 0 radical (unpaired) electrons. The molecule has 0 aromatic heterocycles. The molecular weight excluding hydrogens is 234 g/mol. The lowest BCUT2D eigenvalue weighted by molar-refractivity contribution is 0.124. The van der Waals surface area contributed by atoms with E-state index in [2.05, 4.69) is 44.3 Å². The van der Waals surface area contributed by atoms with E-state index in [-0.39, 0.29) is 6.10 Å². The maximum atomic E-state index is 5.73. The van der Waals surface area contributed by atoms with Gasteiger partial charge in [0.15, 0.2) is 0 Å². The highest BCUT2D eigenvalue weighted by Gasteiger charge is 2.34. The van der Waals surface area contributed by atoms with Crippen LogP contribution in [0.2, 0.25) is 0 Å². The van der Waals surface area contributed by atoms with Gasteiger partial charge in [0.05, 0.1) is 6.10 Å². The molecule has 1 fully saturated rings. The molecule has 0 atom stereocenters. The van der Waals surface area contributed by atoms with Crippen LogP contribution < -0.4 is 10.1 Å². The van der Waals surface area contributed by atoms with Crippen LogP contribution in [-0.4, -0.2) is 12.6 Å². The zero-order chi connectivity index (χ0) is 13.7. The predicted molar refractivity (Wildman–Crippen MR) is 80.5 cm³/mol. The summed E-state index contributed by atoms with van der Waals surface area (Å²) in [6.07, 6.45) is 5.74. The first kappa shape index (κ1) is 14.4. The van der Waals surface area contributed by atoms with E-state index < -0.39 is 0 Å². The van der Waals surface area contributed by atoms with Gasteiger partial charge >= 0.3 is 0 Å². The second-order valence-electron chi connectivity index (χ2n) is 6.12. The summed E-state index contributed by atoms with van der Waals surface area (Å²) >= 11 is 0. The first-order valence-electron chi connectivity index (χ1n) is 7.60. The van der Waals surface area contributed by atoms with Gasteiger partial charge in [0.25, 0.3) is 0 Å². The van der Waals surface area contributed by atoms with E-state index in [0.29, 0.717) is 5.41 Å². The van der Waals surface area contributed by atoms with Crippen LogP contribution in [0.3, 0.4) is 0 Å². The summed E-state index contributed by atoms with van der Waals surface area (Å²) in [6.45, 7) is 8.53. The third-order valence-electron chi connectivity index (χ3n) is 4.26. The van der Waals surface area contributed by atoms with Gasteiger partial charge in [0, 0.05) is 13.1 Å². The van der Waals surface area contributed by atoms with E-state index in [0.717, 1.165) is 18.8 Å². The number of hydrogen-bond donors (Lipinski definition) is 1. The van der Waals surface area contributed by atoms with Crippen LogP contribution in [0.4, 0.5) is 0 Å². The number of rotatable bonds is 7. The van der Waals surface area contributed by atoms with Gasteiger partial charge in [0.2, 0.25) is 0 Å². The summed E-state index contributed by atoms with van der Waals surface area (Å²) in [5.74, 6) is 0.975. The average molecular weight is 261 g/mol. The van der Waals surface area contributed by atoms with Crippen LogP contribution in [-0.2, 0) is 6.54 Å². The fraction of sp³-hybridized carbons (Fsp3) is 0.647. The van der Waals surface area contributed by atoms with E-state index >= 15 is 0 Å². The van der Waals surface area contributed by atoms with Crippen LogP contribution in [0.15, 0.2) is 24.3 Å². The van der Waals surface area contributed by atoms with Crippen LogP contribution in [0.1, 0.15) is 52.0 Å². The van der Waals surface area contributed by atoms with Crippen molar-refractivity contribution in [2.75, 3.05) is 6.54 Å². The molecule has 0 bridgehead atoms. The number of nitrogens with one attached hydrogen (secondary N) is 1. The number of hydrogen-bond acceptors (Lipinski definition) is 2. The van der Waals surface area contributed by atoms with Crippen molar-refractivity contribution in [2.24, 2.45) is 5.41 Å². The van der Waals surface area contributed by atoms with Crippen molar-refractivity contribution < 1.29 is 4.74 Å². The Bertz CT molecular complexity index is 390. The summed E-state index contributed by atoms with van der Waals surface area (Å²) < 4.78 is 5.73. The highest BCUT2D eigenvalue weighted by molar-refractivity contribution is 5.28. The standard InChI is InChI=1S/C17H27NO/c1-4-17(9-6-10-17)13-18-12-15-7-5-8-16(11-15)19-14(2)3/h5,7-8,11,14,18H,4,6,9-10,12-13H2,1-3H3. The number of benzene rings is 1. The Hall–Kier alpha value is -1.02. The molecule has 0 amide bonds. The van der Waals surface area contributed by atoms with Gasteiger partial charge in [-0.1, -0.05) is 25.5 Å². The topological polar surface area (TPSA) is 21.3 Å². The molecule has 2 nitrogen and oxygen atoms in total. The molecule has 19 heavy (non-hydrogen) atoms. The van der Waals surface area contributed by atoms with Crippen molar-refractivity contribution in [2.45, 2.75) is 59.1 Å². The third-order valence-corrected chi connectivity index (χ3v) is 4.26. The van der Waals surface area contributed by atoms with Gasteiger partial charge in [0.1, 0.15) is 5.75 Å². The highest BCUT2D eigenvalue weighted by Crippen LogP contribution is 2.43. The molecule has 1 aromatic rings. The average Bonchev–Trinajstić information content (AvgIpc) is 2.32. The fourth-order valence-electron chi connectivity index (χ4n) is 2.81. The maximum Gasteiger partial charge on any atom is 0.120 e. The van der Waals surface area contributed by atoms with E-state index in [1.165, 1.54) is 31.2 Å². The van der Waals surface area contributed by atoms with Crippen LogP contribution in [0.25, 0.3) is 0 Å². The summed E-state index contributed by atoms with van der Waals surface area (Å²) in [5.41, 5.74) is 1.90. The molecule has 1 aliphatic rings. The first-order chi connectivity index (χ1) is 9.13.